The number of hydrogen-bond donors (Lipinski definition) is 2. The molecular weight excluding hydrogens is 262 g/mol. The van der Waals surface area contributed by atoms with Gasteiger partial charge >= 0.3 is 0 Å². The van der Waals surface area contributed by atoms with Gasteiger partial charge in [-0.15, -0.1) is 0 Å². The highest BCUT2D eigenvalue weighted by atomic mass is 16.2. The maximum atomic E-state index is 12.1. The summed E-state index contributed by atoms with van der Waals surface area (Å²) in [5.41, 5.74) is 2.41. The first-order valence-corrected chi connectivity index (χ1v) is 7.99. The molecule has 0 aromatic heterocycles. The van der Waals surface area contributed by atoms with Gasteiger partial charge in [-0.1, -0.05) is 29.8 Å². The lowest BCUT2D eigenvalue weighted by molar-refractivity contribution is -0.122. The molecule has 2 unspecified atom stereocenters. The van der Waals surface area contributed by atoms with Crippen LogP contribution < -0.4 is 10.6 Å². The quantitative estimate of drug-likeness (QED) is 0.877. The molecule has 2 N–H and O–H groups in total. The van der Waals surface area contributed by atoms with Crippen molar-refractivity contribution in [3.63, 3.8) is 0 Å². The van der Waals surface area contributed by atoms with Gasteiger partial charge in [-0.25, -0.2) is 0 Å². The summed E-state index contributed by atoms with van der Waals surface area (Å²) in [6.45, 7) is 6.48. The molecule has 0 radical (unpaired) electrons. The van der Waals surface area contributed by atoms with Crippen molar-refractivity contribution in [1.82, 2.24) is 15.5 Å². The molecule has 2 atom stereocenters. The minimum atomic E-state index is 0.139. The summed E-state index contributed by atoms with van der Waals surface area (Å²) in [6.07, 6.45) is 2.43. The Morgan fingerprint density at radius 1 is 1.33 bits per heavy atom. The number of benzene rings is 1. The molecule has 3 rings (SSSR count). The molecule has 0 aliphatic carbocycles. The Bertz CT molecular complexity index is 485. The molecule has 1 aromatic carbocycles. The zero-order chi connectivity index (χ0) is 14.7. The number of piperidine rings is 1. The molecular formula is C17H25N3O. The van der Waals surface area contributed by atoms with Gasteiger partial charge in [0.25, 0.3) is 0 Å². The van der Waals surface area contributed by atoms with Crippen molar-refractivity contribution in [2.75, 3.05) is 26.2 Å². The van der Waals surface area contributed by atoms with Crippen LogP contribution in [0.4, 0.5) is 0 Å². The van der Waals surface area contributed by atoms with Crippen LogP contribution in [0.15, 0.2) is 24.3 Å². The summed E-state index contributed by atoms with van der Waals surface area (Å²) in [6, 6.07) is 9.01. The number of fused-ring (bicyclic) bond motifs is 1. The number of carbonyl (C=O) groups is 1. The molecule has 4 heteroatoms. The van der Waals surface area contributed by atoms with Crippen molar-refractivity contribution in [3.05, 3.63) is 35.4 Å². The Hall–Kier alpha value is -1.39. The van der Waals surface area contributed by atoms with Crippen LogP contribution in [0, 0.1) is 12.8 Å². The third kappa shape index (κ3) is 3.83. The van der Waals surface area contributed by atoms with Gasteiger partial charge in [0.2, 0.25) is 5.91 Å². The highest BCUT2D eigenvalue weighted by Crippen LogP contribution is 2.24. The monoisotopic (exact) mass is 287 g/mol. The van der Waals surface area contributed by atoms with E-state index in [1.54, 1.807) is 0 Å². The molecule has 0 bridgehead atoms. The highest BCUT2D eigenvalue weighted by molar-refractivity contribution is 5.78. The lowest BCUT2D eigenvalue weighted by atomic mass is 9.93. The fourth-order valence-electron chi connectivity index (χ4n) is 3.43. The maximum absolute atomic E-state index is 12.1. The van der Waals surface area contributed by atoms with Gasteiger partial charge < -0.3 is 10.6 Å². The minimum Gasteiger partial charge on any atom is -0.351 e. The molecule has 0 spiro atoms. The third-order valence-electron chi connectivity index (χ3n) is 4.72. The second-order valence-corrected chi connectivity index (χ2v) is 6.40. The Balaban J connectivity index is 1.43. The van der Waals surface area contributed by atoms with Crippen LogP contribution in [-0.2, 0) is 11.3 Å². The molecule has 2 saturated heterocycles. The molecule has 2 fully saturated rings. The van der Waals surface area contributed by atoms with Gasteiger partial charge in [0.15, 0.2) is 0 Å². The SMILES string of the molecule is Cc1ccc(CNC(=O)CN2CCC3NCCC3C2)cc1. The second-order valence-electron chi connectivity index (χ2n) is 6.40. The molecule has 4 nitrogen and oxygen atoms in total. The summed E-state index contributed by atoms with van der Waals surface area (Å²) < 4.78 is 0. The third-order valence-corrected chi connectivity index (χ3v) is 4.72. The van der Waals surface area contributed by atoms with Crippen LogP contribution in [-0.4, -0.2) is 43.0 Å². The van der Waals surface area contributed by atoms with E-state index < -0.39 is 0 Å². The van der Waals surface area contributed by atoms with Gasteiger partial charge in [-0.05, 0) is 37.8 Å². The van der Waals surface area contributed by atoms with E-state index in [0.717, 1.165) is 31.1 Å². The summed E-state index contributed by atoms with van der Waals surface area (Å²) in [5.74, 6) is 0.878. The minimum absolute atomic E-state index is 0.139. The van der Waals surface area contributed by atoms with Crippen LogP contribution in [0.25, 0.3) is 0 Å². The Labute approximate surface area is 126 Å². The van der Waals surface area contributed by atoms with Crippen LogP contribution in [0.1, 0.15) is 24.0 Å². The number of aryl methyl sites for hydroxylation is 1. The fraction of sp³-hybridized carbons (Fsp3) is 0.588. The number of hydrogen-bond acceptors (Lipinski definition) is 3. The predicted octanol–water partition coefficient (Wildman–Crippen LogP) is 1.30. The number of carbonyl (C=O) groups excluding carboxylic acids is 1. The molecule has 2 aliphatic heterocycles. The predicted molar refractivity (Wildman–Crippen MR) is 84.0 cm³/mol. The molecule has 1 aromatic rings. The van der Waals surface area contributed by atoms with Crippen LogP contribution in [0.5, 0.6) is 0 Å². The second kappa shape index (κ2) is 6.58. The average Bonchev–Trinajstić information content (AvgIpc) is 2.94. The Morgan fingerprint density at radius 3 is 2.95 bits per heavy atom. The van der Waals surface area contributed by atoms with Crippen molar-refractivity contribution in [3.8, 4) is 0 Å². The maximum Gasteiger partial charge on any atom is 0.234 e. The number of amides is 1. The van der Waals surface area contributed by atoms with Gasteiger partial charge in [-0.2, -0.15) is 0 Å². The van der Waals surface area contributed by atoms with Crippen molar-refractivity contribution < 1.29 is 4.79 Å². The molecule has 114 valence electrons. The number of nitrogens with one attached hydrogen (secondary N) is 2. The normalized spacial score (nSPS) is 25.6. The largest absolute Gasteiger partial charge is 0.351 e. The summed E-state index contributed by atoms with van der Waals surface area (Å²) in [4.78, 5) is 14.4. The van der Waals surface area contributed by atoms with Gasteiger partial charge in [0.05, 0.1) is 6.54 Å². The Morgan fingerprint density at radius 2 is 2.14 bits per heavy atom. The lowest BCUT2D eigenvalue weighted by Crippen LogP contribution is -2.47. The Kier molecular flexibility index (Phi) is 4.56. The fourth-order valence-corrected chi connectivity index (χ4v) is 3.43. The molecule has 21 heavy (non-hydrogen) atoms. The van der Waals surface area contributed by atoms with Crippen LogP contribution >= 0.6 is 0 Å². The van der Waals surface area contributed by atoms with Crippen molar-refractivity contribution in [2.45, 2.75) is 32.4 Å². The smallest absolute Gasteiger partial charge is 0.234 e. The molecule has 0 saturated carbocycles. The van der Waals surface area contributed by atoms with E-state index in [2.05, 4.69) is 46.7 Å². The first-order chi connectivity index (χ1) is 10.2. The van der Waals surface area contributed by atoms with Crippen molar-refractivity contribution in [2.24, 2.45) is 5.92 Å². The highest BCUT2D eigenvalue weighted by Gasteiger charge is 2.32. The standard InChI is InChI=1S/C17H25N3O/c1-13-2-4-14(5-3-13)10-19-17(21)12-20-9-7-16-15(11-20)6-8-18-16/h2-5,15-16,18H,6-12H2,1H3,(H,19,21). The summed E-state index contributed by atoms with van der Waals surface area (Å²) in [5, 5.41) is 6.59. The summed E-state index contributed by atoms with van der Waals surface area (Å²) in [7, 11) is 0. The number of likely N-dealkylation sites (tertiary alicyclic amines) is 1. The van der Waals surface area contributed by atoms with Gasteiger partial charge in [-0.3, -0.25) is 9.69 Å². The van der Waals surface area contributed by atoms with Crippen LogP contribution in [0.3, 0.4) is 0 Å². The van der Waals surface area contributed by atoms with Crippen LogP contribution in [0.2, 0.25) is 0 Å². The van der Waals surface area contributed by atoms with E-state index >= 15 is 0 Å². The van der Waals surface area contributed by atoms with E-state index in [4.69, 9.17) is 0 Å². The zero-order valence-electron chi connectivity index (χ0n) is 12.8. The first-order valence-electron chi connectivity index (χ1n) is 7.99. The van der Waals surface area contributed by atoms with E-state index in [9.17, 15) is 4.79 Å². The zero-order valence-corrected chi connectivity index (χ0v) is 12.8. The van der Waals surface area contributed by atoms with Gasteiger partial charge in [0.1, 0.15) is 0 Å². The molecule has 2 heterocycles. The van der Waals surface area contributed by atoms with E-state index in [1.165, 1.54) is 18.4 Å². The lowest BCUT2D eigenvalue weighted by Gasteiger charge is -2.34. The van der Waals surface area contributed by atoms with Crippen molar-refractivity contribution in [1.29, 1.82) is 0 Å². The average molecular weight is 287 g/mol. The molecule has 1 amide bonds. The number of rotatable bonds is 4. The summed E-state index contributed by atoms with van der Waals surface area (Å²) >= 11 is 0. The van der Waals surface area contributed by atoms with Gasteiger partial charge in [0, 0.05) is 25.7 Å². The topological polar surface area (TPSA) is 44.4 Å². The first kappa shape index (κ1) is 14.5. The van der Waals surface area contributed by atoms with E-state index in [1.807, 2.05) is 0 Å². The number of nitrogens with zero attached hydrogens (tertiary/aromatic N) is 1. The van der Waals surface area contributed by atoms with E-state index in [-0.39, 0.29) is 5.91 Å². The van der Waals surface area contributed by atoms with E-state index in [0.29, 0.717) is 19.1 Å². The van der Waals surface area contributed by atoms with Crippen molar-refractivity contribution >= 4 is 5.91 Å². The molecule has 2 aliphatic rings.